The SMILES string of the molecule is COC(=O)CC1COC(C)(Cc2ccccc2)O1. The van der Waals surface area contributed by atoms with E-state index in [0.717, 1.165) is 5.56 Å². The van der Waals surface area contributed by atoms with E-state index in [1.54, 1.807) is 0 Å². The Labute approximate surface area is 107 Å². The van der Waals surface area contributed by atoms with E-state index in [1.807, 2.05) is 37.3 Å². The van der Waals surface area contributed by atoms with Gasteiger partial charge in [-0.05, 0) is 12.5 Å². The molecule has 0 N–H and O–H groups in total. The molecule has 0 aromatic heterocycles. The van der Waals surface area contributed by atoms with Crippen LogP contribution in [0.5, 0.6) is 0 Å². The van der Waals surface area contributed by atoms with Gasteiger partial charge in [-0.1, -0.05) is 30.3 Å². The fourth-order valence-corrected chi connectivity index (χ4v) is 2.12. The highest BCUT2D eigenvalue weighted by molar-refractivity contribution is 5.69. The molecule has 2 unspecified atom stereocenters. The van der Waals surface area contributed by atoms with Crippen molar-refractivity contribution in [1.82, 2.24) is 0 Å². The first-order valence-corrected chi connectivity index (χ1v) is 6.04. The highest BCUT2D eigenvalue weighted by atomic mass is 16.7. The fraction of sp³-hybridized carbons (Fsp3) is 0.500. The van der Waals surface area contributed by atoms with E-state index in [1.165, 1.54) is 7.11 Å². The molecule has 2 rings (SSSR count). The maximum atomic E-state index is 11.2. The molecule has 4 heteroatoms. The molecule has 0 bridgehead atoms. The number of hydrogen-bond acceptors (Lipinski definition) is 4. The average Bonchev–Trinajstić information content (AvgIpc) is 2.71. The molecule has 0 radical (unpaired) electrons. The summed E-state index contributed by atoms with van der Waals surface area (Å²) in [5.74, 6) is -0.924. The Morgan fingerprint density at radius 3 is 2.83 bits per heavy atom. The van der Waals surface area contributed by atoms with Gasteiger partial charge in [-0.25, -0.2) is 0 Å². The molecule has 1 aromatic carbocycles. The molecule has 0 saturated carbocycles. The van der Waals surface area contributed by atoms with Gasteiger partial charge in [0, 0.05) is 6.42 Å². The van der Waals surface area contributed by atoms with Crippen LogP contribution in [0.15, 0.2) is 30.3 Å². The van der Waals surface area contributed by atoms with E-state index >= 15 is 0 Å². The Morgan fingerprint density at radius 1 is 1.44 bits per heavy atom. The van der Waals surface area contributed by atoms with Crippen LogP contribution in [-0.4, -0.2) is 31.6 Å². The fourth-order valence-electron chi connectivity index (χ4n) is 2.12. The van der Waals surface area contributed by atoms with Crippen LogP contribution in [0.3, 0.4) is 0 Å². The normalized spacial score (nSPS) is 27.1. The van der Waals surface area contributed by atoms with E-state index in [0.29, 0.717) is 13.0 Å². The molecule has 2 atom stereocenters. The van der Waals surface area contributed by atoms with Crippen LogP contribution in [0.2, 0.25) is 0 Å². The molecule has 1 aromatic rings. The Balaban J connectivity index is 1.92. The van der Waals surface area contributed by atoms with Crippen LogP contribution in [0.1, 0.15) is 18.9 Å². The predicted octanol–water partition coefficient (Wildman–Crippen LogP) is 1.92. The van der Waals surface area contributed by atoms with Crippen molar-refractivity contribution in [3.63, 3.8) is 0 Å². The third-order valence-corrected chi connectivity index (χ3v) is 2.98. The monoisotopic (exact) mass is 250 g/mol. The second-order valence-electron chi connectivity index (χ2n) is 4.63. The zero-order chi connectivity index (χ0) is 13.0. The van der Waals surface area contributed by atoms with Gasteiger partial charge in [-0.3, -0.25) is 4.79 Å². The summed E-state index contributed by atoms with van der Waals surface area (Å²) in [7, 11) is 1.38. The average molecular weight is 250 g/mol. The van der Waals surface area contributed by atoms with Gasteiger partial charge in [0.2, 0.25) is 0 Å². The minimum atomic E-state index is -0.653. The van der Waals surface area contributed by atoms with E-state index in [4.69, 9.17) is 9.47 Å². The van der Waals surface area contributed by atoms with Gasteiger partial charge in [0.1, 0.15) is 0 Å². The number of esters is 1. The van der Waals surface area contributed by atoms with Crippen molar-refractivity contribution in [2.24, 2.45) is 0 Å². The van der Waals surface area contributed by atoms with Crippen molar-refractivity contribution < 1.29 is 19.0 Å². The molecule has 1 fully saturated rings. The van der Waals surface area contributed by atoms with Crippen LogP contribution in [-0.2, 0) is 25.4 Å². The molecule has 4 nitrogen and oxygen atoms in total. The lowest BCUT2D eigenvalue weighted by atomic mass is 10.1. The molecular weight excluding hydrogens is 232 g/mol. The van der Waals surface area contributed by atoms with Crippen molar-refractivity contribution >= 4 is 5.97 Å². The molecule has 1 aliphatic heterocycles. The Morgan fingerprint density at radius 2 is 2.17 bits per heavy atom. The Hall–Kier alpha value is -1.39. The van der Waals surface area contributed by atoms with Crippen LogP contribution >= 0.6 is 0 Å². The smallest absolute Gasteiger partial charge is 0.308 e. The zero-order valence-corrected chi connectivity index (χ0v) is 10.7. The number of carbonyl (C=O) groups excluding carboxylic acids is 1. The maximum absolute atomic E-state index is 11.2. The van der Waals surface area contributed by atoms with E-state index in [-0.39, 0.29) is 18.5 Å². The first-order valence-electron chi connectivity index (χ1n) is 6.04. The van der Waals surface area contributed by atoms with Crippen molar-refractivity contribution in [1.29, 1.82) is 0 Å². The Kier molecular flexibility index (Phi) is 3.99. The summed E-state index contributed by atoms with van der Waals surface area (Å²) in [5, 5.41) is 0. The van der Waals surface area contributed by atoms with Gasteiger partial charge < -0.3 is 14.2 Å². The summed E-state index contributed by atoms with van der Waals surface area (Å²) < 4.78 is 16.1. The third kappa shape index (κ3) is 3.31. The van der Waals surface area contributed by atoms with E-state index < -0.39 is 5.79 Å². The van der Waals surface area contributed by atoms with Crippen molar-refractivity contribution in [2.45, 2.75) is 31.7 Å². The van der Waals surface area contributed by atoms with E-state index in [2.05, 4.69) is 4.74 Å². The van der Waals surface area contributed by atoms with Crippen LogP contribution < -0.4 is 0 Å². The summed E-state index contributed by atoms with van der Waals surface area (Å²) in [5.41, 5.74) is 1.15. The second-order valence-corrected chi connectivity index (χ2v) is 4.63. The number of ether oxygens (including phenoxy) is 3. The summed E-state index contributed by atoms with van der Waals surface area (Å²) >= 11 is 0. The summed E-state index contributed by atoms with van der Waals surface area (Å²) in [6.07, 6.45) is 0.693. The molecule has 1 saturated heterocycles. The predicted molar refractivity (Wildman–Crippen MR) is 66.0 cm³/mol. The molecular formula is C14H18O4. The molecule has 0 spiro atoms. The molecule has 98 valence electrons. The number of methoxy groups -OCH3 is 1. The first-order chi connectivity index (χ1) is 8.61. The van der Waals surface area contributed by atoms with Crippen molar-refractivity contribution in [2.75, 3.05) is 13.7 Å². The minimum absolute atomic E-state index is 0.217. The number of hydrogen-bond donors (Lipinski definition) is 0. The first kappa shape index (κ1) is 13.1. The van der Waals surface area contributed by atoms with Crippen LogP contribution in [0.25, 0.3) is 0 Å². The van der Waals surface area contributed by atoms with Crippen molar-refractivity contribution in [3.8, 4) is 0 Å². The molecule has 1 aliphatic rings. The molecule has 0 amide bonds. The summed E-state index contributed by atoms with van der Waals surface area (Å²) in [4.78, 5) is 11.2. The van der Waals surface area contributed by atoms with Crippen LogP contribution in [0, 0.1) is 0 Å². The quantitative estimate of drug-likeness (QED) is 0.766. The molecule has 18 heavy (non-hydrogen) atoms. The lowest BCUT2D eigenvalue weighted by Gasteiger charge is -2.23. The third-order valence-electron chi connectivity index (χ3n) is 2.98. The lowest BCUT2D eigenvalue weighted by Crippen LogP contribution is -2.30. The Bertz CT molecular complexity index is 404. The summed E-state index contributed by atoms with van der Waals surface area (Å²) in [6.45, 7) is 2.33. The second kappa shape index (κ2) is 5.50. The molecule has 0 aliphatic carbocycles. The lowest BCUT2D eigenvalue weighted by molar-refractivity contribution is -0.159. The number of rotatable bonds is 4. The summed E-state index contributed by atoms with van der Waals surface area (Å²) in [6, 6.07) is 10.0. The maximum Gasteiger partial charge on any atom is 0.308 e. The van der Waals surface area contributed by atoms with Gasteiger partial charge in [0.25, 0.3) is 0 Å². The molecule has 1 heterocycles. The zero-order valence-electron chi connectivity index (χ0n) is 10.7. The topological polar surface area (TPSA) is 44.8 Å². The number of carbonyl (C=O) groups is 1. The van der Waals surface area contributed by atoms with Gasteiger partial charge >= 0.3 is 5.97 Å². The van der Waals surface area contributed by atoms with E-state index in [9.17, 15) is 4.79 Å². The van der Waals surface area contributed by atoms with Crippen LogP contribution in [0.4, 0.5) is 0 Å². The van der Waals surface area contributed by atoms with Gasteiger partial charge in [0.15, 0.2) is 5.79 Å². The highest BCUT2D eigenvalue weighted by Crippen LogP contribution is 2.28. The largest absolute Gasteiger partial charge is 0.469 e. The minimum Gasteiger partial charge on any atom is -0.469 e. The van der Waals surface area contributed by atoms with Gasteiger partial charge in [-0.2, -0.15) is 0 Å². The van der Waals surface area contributed by atoms with Gasteiger partial charge in [-0.15, -0.1) is 0 Å². The number of benzene rings is 1. The highest BCUT2D eigenvalue weighted by Gasteiger charge is 2.38. The van der Waals surface area contributed by atoms with Gasteiger partial charge in [0.05, 0.1) is 26.2 Å². The standard InChI is InChI=1S/C14H18O4/c1-14(9-11-6-4-3-5-7-11)17-10-12(18-14)8-13(15)16-2/h3-7,12H,8-10H2,1-2H3. The van der Waals surface area contributed by atoms with Crippen molar-refractivity contribution in [3.05, 3.63) is 35.9 Å².